The number of nitrogens with one attached hydrogen (secondary N) is 1. The molecule has 2 N–H and O–H groups in total. The Morgan fingerprint density at radius 3 is 1.81 bits per heavy atom. The van der Waals surface area contributed by atoms with Crippen LogP contribution in [0.2, 0.25) is 0 Å². The van der Waals surface area contributed by atoms with Crippen LogP contribution < -0.4 is 15.0 Å². The van der Waals surface area contributed by atoms with Gasteiger partial charge >= 0.3 is 11.9 Å². The molecular weight excluding hydrogens is 933 g/mol. The van der Waals surface area contributed by atoms with Gasteiger partial charge in [0.15, 0.2) is 0 Å². The largest absolute Gasteiger partial charge is 0.481 e. The van der Waals surface area contributed by atoms with Gasteiger partial charge in [0.05, 0.1) is 41.8 Å². The van der Waals surface area contributed by atoms with Crippen molar-refractivity contribution in [3.05, 3.63) is 41.5 Å². The Bertz CT molecular complexity index is 2330. The summed E-state index contributed by atoms with van der Waals surface area (Å²) >= 11 is 0. The van der Waals surface area contributed by atoms with E-state index in [9.17, 15) is 14.7 Å². The van der Waals surface area contributed by atoms with Gasteiger partial charge < -0.3 is 24.6 Å². The van der Waals surface area contributed by atoms with Crippen LogP contribution >= 0.6 is 0 Å². The van der Waals surface area contributed by atoms with Gasteiger partial charge in [-0.3, -0.25) is 29.2 Å². The summed E-state index contributed by atoms with van der Waals surface area (Å²) in [6.45, 7) is 6.98. The molecule has 0 amide bonds. The third-order valence-corrected chi connectivity index (χ3v) is 22.3. The van der Waals surface area contributed by atoms with Crippen LogP contribution in [-0.4, -0.2) is 127 Å². The minimum Gasteiger partial charge on any atom is -0.481 e. The zero-order valence-electron chi connectivity index (χ0n) is 46.2. The number of aliphatic carboxylic acids is 1. The molecule has 75 heavy (non-hydrogen) atoms. The third kappa shape index (κ3) is 10.3. The minimum absolute atomic E-state index is 0.0467. The number of hydrogen-bond acceptors (Lipinski definition) is 10. The van der Waals surface area contributed by atoms with Gasteiger partial charge in [-0.1, -0.05) is 70.3 Å². The molecule has 0 radical (unpaired) electrons. The van der Waals surface area contributed by atoms with Crippen LogP contribution in [0.3, 0.4) is 0 Å². The average Bonchev–Trinajstić information content (AvgIpc) is 4.16. The monoisotopic (exact) mass is 1030 g/mol. The summed E-state index contributed by atoms with van der Waals surface area (Å²) in [5.74, 6) is 4.58. The third-order valence-electron chi connectivity index (χ3n) is 22.3. The maximum Gasteiger partial charge on any atom is 0.325 e. The molecule has 7 aliphatic heterocycles. The molecule has 6 saturated heterocycles. The normalized spacial score (nSPS) is 38.5. The van der Waals surface area contributed by atoms with Crippen LogP contribution in [0.15, 0.2) is 24.3 Å². The van der Waals surface area contributed by atoms with E-state index in [-0.39, 0.29) is 37.2 Å². The molecule has 1 aromatic carbocycles. The van der Waals surface area contributed by atoms with Gasteiger partial charge in [0.2, 0.25) is 0 Å². The second-order valence-corrected chi connectivity index (χ2v) is 26.9. The Kier molecular flexibility index (Phi) is 15.0. The highest BCUT2D eigenvalue weighted by Gasteiger charge is 2.51. The number of piperidine rings is 4. The number of anilines is 2. The van der Waals surface area contributed by atoms with Crippen LogP contribution in [0.5, 0.6) is 5.75 Å². The van der Waals surface area contributed by atoms with Gasteiger partial charge in [0, 0.05) is 67.0 Å². The quantitative estimate of drug-likeness (QED) is 0.148. The zero-order chi connectivity index (χ0) is 50.7. The molecular formula is C63H94N8O4. The summed E-state index contributed by atoms with van der Waals surface area (Å²) in [4.78, 5) is 45.5. The maximum atomic E-state index is 14.5. The number of carbonyl (C=O) groups excluding carboxylic acids is 1. The summed E-state index contributed by atoms with van der Waals surface area (Å²) in [6.07, 6.45) is 41.7. The molecule has 11 unspecified atom stereocenters. The van der Waals surface area contributed by atoms with E-state index in [1.165, 1.54) is 153 Å². The predicted molar refractivity (Wildman–Crippen MR) is 298 cm³/mol. The first-order chi connectivity index (χ1) is 36.7. The first kappa shape index (κ1) is 51.0. The predicted octanol–water partition coefficient (Wildman–Crippen LogP) is 12.1. The van der Waals surface area contributed by atoms with Crippen molar-refractivity contribution in [2.45, 2.75) is 267 Å². The van der Waals surface area contributed by atoms with E-state index in [2.05, 4.69) is 72.5 Å². The molecule has 10 fully saturated rings. The Morgan fingerprint density at radius 1 is 0.653 bits per heavy atom. The van der Waals surface area contributed by atoms with E-state index in [1.54, 1.807) is 0 Å². The number of carboxylic acid groups (broad SMARTS) is 1. The summed E-state index contributed by atoms with van der Waals surface area (Å²) in [5.41, 5.74) is 4.64. The van der Waals surface area contributed by atoms with Crippen LogP contribution in [0.25, 0.3) is 6.08 Å². The number of carbonyl (C=O) groups is 2. The van der Waals surface area contributed by atoms with E-state index < -0.39 is 5.97 Å². The topological polar surface area (TPSA) is 110 Å². The zero-order valence-corrected chi connectivity index (χ0v) is 46.2. The van der Waals surface area contributed by atoms with Crippen LogP contribution in [0.1, 0.15) is 222 Å². The number of benzene rings is 1. The number of nitrogens with zero attached hydrogens (tertiary/aromatic N) is 7. The van der Waals surface area contributed by atoms with Crippen molar-refractivity contribution in [2.75, 3.05) is 36.4 Å². The molecule has 410 valence electrons. The highest BCUT2D eigenvalue weighted by molar-refractivity contribution is 5.81. The number of likely N-dealkylation sites (tertiary alicyclic amines) is 2. The molecule has 2 aromatic rings. The van der Waals surface area contributed by atoms with Crippen molar-refractivity contribution in [2.24, 2.45) is 23.7 Å². The smallest absolute Gasteiger partial charge is 0.325 e. The highest BCUT2D eigenvalue weighted by Crippen LogP contribution is 2.51. The average molecular weight is 1030 g/mol. The van der Waals surface area contributed by atoms with Crippen molar-refractivity contribution in [1.29, 1.82) is 0 Å². The Morgan fingerprint density at radius 2 is 1.23 bits per heavy atom. The molecule has 1 aromatic heterocycles. The number of aryl methyl sites for hydroxylation is 1. The number of rotatable bonds is 13. The first-order valence-corrected chi connectivity index (χ1v) is 31.6. The lowest BCUT2D eigenvalue weighted by atomic mass is 9.73. The molecule has 8 bridgehead atoms. The number of imidazole rings is 1. The fourth-order valence-electron chi connectivity index (χ4n) is 19.5. The van der Waals surface area contributed by atoms with Gasteiger partial charge in [-0.25, -0.2) is 4.98 Å². The summed E-state index contributed by atoms with van der Waals surface area (Å²) in [7, 11) is 0. The number of fused-ring (bicyclic) bond motifs is 9. The van der Waals surface area contributed by atoms with Gasteiger partial charge in [-0.15, -0.1) is 0 Å². The molecule has 12 heteroatoms. The first-order valence-electron chi connectivity index (χ1n) is 31.6. The molecule has 11 atom stereocenters. The highest BCUT2D eigenvalue weighted by atomic mass is 16.5. The maximum absolute atomic E-state index is 14.5. The molecule has 4 saturated carbocycles. The lowest BCUT2D eigenvalue weighted by Gasteiger charge is -2.56. The Balaban J connectivity index is 0.731. The van der Waals surface area contributed by atoms with Crippen LogP contribution in [-0.2, 0) is 9.59 Å². The molecule has 13 rings (SSSR count). The van der Waals surface area contributed by atoms with Crippen molar-refractivity contribution < 1.29 is 19.4 Å². The summed E-state index contributed by atoms with van der Waals surface area (Å²) < 4.78 is 9.17. The number of allylic oxidation sites excluding steroid dienone is 1. The number of ether oxygens (including phenoxy) is 1. The lowest BCUT2D eigenvalue weighted by molar-refractivity contribution is -0.137. The van der Waals surface area contributed by atoms with Crippen molar-refractivity contribution in [1.82, 2.24) is 29.2 Å². The number of aromatic nitrogens is 2. The van der Waals surface area contributed by atoms with Crippen molar-refractivity contribution in [3.8, 4) is 5.75 Å². The molecule has 8 heterocycles. The fourth-order valence-corrected chi connectivity index (χ4v) is 19.5. The standard InChI is InChI=1S/C63H94N8O4/c1-3-12-56-41(2)64-62(70(56)52-35-46-17-8-18-47(36-52)68(46)50-31-42-13-4-5-14-43(29-42)32-50)58-22-11-27-67(58)40-61(74)75-54-23-24-55-59(39-54)71(63(65-55)57-21-10-26-66(57)28-25-60(72)73)53-37-48-19-9-20-49(38-53)69(48)51-33-44-15-6-7-16-45(30-44)34-51/h3,12,23-24,39,42-53,57-58,63,65H,4-11,13-22,25-38,40H2,1-2H3,(H,72,73). The van der Waals surface area contributed by atoms with E-state index in [1.807, 2.05) is 6.07 Å². The summed E-state index contributed by atoms with van der Waals surface area (Å²) in [5, 5.41) is 13.8. The second kappa shape index (κ2) is 22.0. The Labute approximate surface area is 450 Å². The SMILES string of the molecule is CC=Cc1c(C)nc(C2CCCN2CC(=O)Oc2ccc3c(c2)N(C2CC4CCCC(C2)N4C2CC4CCCCC(C4)C2)C(C2CCCN2CCC(=O)O)N3)n1C1CC2CCCC(C1)N2C1CC2CCCCC(C2)C1. The fraction of sp³-hybridized carbons (Fsp3) is 0.794. The molecule has 11 aliphatic rings. The van der Waals surface area contributed by atoms with E-state index >= 15 is 0 Å². The number of esters is 1. The van der Waals surface area contributed by atoms with Gasteiger partial charge in [-0.05, 0) is 184 Å². The van der Waals surface area contributed by atoms with Crippen LogP contribution in [0, 0.1) is 30.6 Å². The number of carboxylic acids is 1. The van der Waals surface area contributed by atoms with Gasteiger partial charge in [0.25, 0.3) is 0 Å². The molecule has 0 spiro atoms. The minimum atomic E-state index is -0.725. The van der Waals surface area contributed by atoms with Gasteiger partial charge in [-0.2, -0.15) is 0 Å². The van der Waals surface area contributed by atoms with E-state index in [0.717, 1.165) is 104 Å². The summed E-state index contributed by atoms with van der Waals surface area (Å²) in [6, 6.07) is 11.4. The number of hydrogen-bond donors (Lipinski definition) is 2. The Hall–Kier alpha value is -3.45. The van der Waals surface area contributed by atoms with E-state index in [0.29, 0.717) is 48.5 Å². The van der Waals surface area contributed by atoms with Crippen molar-refractivity contribution in [3.63, 3.8) is 0 Å². The molecule has 4 aliphatic carbocycles. The van der Waals surface area contributed by atoms with Gasteiger partial charge in [0.1, 0.15) is 17.7 Å². The van der Waals surface area contributed by atoms with Crippen LogP contribution in [0.4, 0.5) is 11.4 Å². The lowest BCUT2D eigenvalue weighted by Crippen LogP contribution is -2.63. The molecule has 12 nitrogen and oxygen atoms in total. The van der Waals surface area contributed by atoms with Crippen molar-refractivity contribution >= 4 is 29.4 Å². The van der Waals surface area contributed by atoms with E-state index in [4.69, 9.17) is 9.72 Å². The second-order valence-electron chi connectivity index (χ2n) is 26.9.